The summed E-state index contributed by atoms with van der Waals surface area (Å²) in [6.07, 6.45) is 3.90. The van der Waals surface area contributed by atoms with E-state index in [1.165, 1.54) is 0 Å². The molecule has 3 heterocycles. The number of H-pyrrole nitrogens is 1. The molecule has 2 atom stereocenters. The van der Waals surface area contributed by atoms with Gasteiger partial charge in [-0.3, -0.25) is 14.9 Å². The van der Waals surface area contributed by atoms with E-state index in [1.54, 1.807) is 12.4 Å². The number of carbonyl (C=O) groups is 1. The number of aryl methyl sites for hydroxylation is 2. The van der Waals surface area contributed by atoms with Gasteiger partial charge in [0, 0.05) is 25.4 Å². The minimum atomic E-state index is -0.224. The number of nitrogens with zero attached hydrogens (tertiary/aromatic N) is 4. The summed E-state index contributed by atoms with van der Waals surface area (Å²) in [5.41, 5.74) is 2.61. The van der Waals surface area contributed by atoms with Crippen molar-refractivity contribution >= 4 is 5.91 Å². The van der Waals surface area contributed by atoms with Gasteiger partial charge in [0.15, 0.2) is 5.82 Å². The van der Waals surface area contributed by atoms with Gasteiger partial charge in [-0.1, -0.05) is 30.3 Å². The number of aromatic amines is 1. The van der Waals surface area contributed by atoms with Crippen molar-refractivity contribution in [2.24, 2.45) is 0 Å². The van der Waals surface area contributed by atoms with Crippen LogP contribution in [0.15, 0.2) is 48.8 Å². The summed E-state index contributed by atoms with van der Waals surface area (Å²) in [5, 5.41) is 7.17. The molecule has 1 amide bonds. The highest BCUT2D eigenvalue weighted by Crippen LogP contribution is 2.33. The van der Waals surface area contributed by atoms with Crippen molar-refractivity contribution in [1.82, 2.24) is 25.1 Å². The molecule has 28 heavy (non-hydrogen) atoms. The van der Waals surface area contributed by atoms with E-state index in [4.69, 9.17) is 4.74 Å². The lowest BCUT2D eigenvalue weighted by Gasteiger charge is -2.23. The molecule has 1 fully saturated rings. The summed E-state index contributed by atoms with van der Waals surface area (Å²) in [7, 11) is 0. The molecule has 2 aromatic heterocycles. The summed E-state index contributed by atoms with van der Waals surface area (Å²) >= 11 is 0. The van der Waals surface area contributed by atoms with Crippen LogP contribution in [0.2, 0.25) is 0 Å². The van der Waals surface area contributed by atoms with Crippen LogP contribution in [0.25, 0.3) is 0 Å². The summed E-state index contributed by atoms with van der Waals surface area (Å²) in [5.74, 6) is 1.29. The van der Waals surface area contributed by atoms with Crippen LogP contribution in [0.3, 0.4) is 0 Å². The van der Waals surface area contributed by atoms with Crippen LogP contribution in [-0.4, -0.2) is 43.6 Å². The van der Waals surface area contributed by atoms with Gasteiger partial charge in [0.1, 0.15) is 5.82 Å². The van der Waals surface area contributed by atoms with Gasteiger partial charge in [0.25, 0.3) is 5.91 Å². The third kappa shape index (κ3) is 3.80. The number of carbonyl (C=O) groups excluding carboxylic acids is 1. The Morgan fingerprint density at radius 1 is 1.25 bits per heavy atom. The second kappa shape index (κ2) is 7.90. The van der Waals surface area contributed by atoms with Crippen molar-refractivity contribution in [3.63, 3.8) is 0 Å². The molecule has 7 heteroatoms. The lowest BCUT2D eigenvalue weighted by atomic mass is 10.1. The number of nitrogens with one attached hydrogen (secondary N) is 1. The standard InChI is InChI=1S/C21H23N5O2/c1-14-8-9-22-11-18(14)21(27)26-12-17(28-13-16-6-4-3-5-7-16)10-19(26)20-23-15(2)24-25-20/h3-9,11,17,19H,10,12-13H2,1-2H3,(H,23,24,25)/t17-,19-/m0/s1. The van der Waals surface area contributed by atoms with E-state index in [0.717, 1.165) is 17.0 Å². The highest BCUT2D eigenvalue weighted by molar-refractivity contribution is 5.95. The molecule has 3 aromatic rings. The Balaban J connectivity index is 1.55. The normalized spacial score (nSPS) is 19.1. The molecule has 144 valence electrons. The smallest absolute Gasteiger partial charge is 0.256 e. The van der Waals surface area contributed by atoms with Crippen LogP contribution in [0.1, 0.15) is 45.6 Å². The van der Waals surface area contributed by atoms with E-state index in [0.29, 0.717) is 31.0 Å². The monoisotopic (exact) mass is 377 g/mol. The van der Waals surface area contributed by atoms with E-state index < -0.39 is 0 Å². The number of ether oxygens (including phenoxy) is 1. The second-order valence-electron chi connectivity index (χ2n) is 7.10. The Morgan fingerprint density at radius 2 is 2.07 bits per heavy atom. The summed E-state index contributed by atoms with van der Waals surface area (Å²) in [6, 6.07) is 11.7. The SMILES string of the molecule is Cc1nc([C@@H]2C[C@H](OCc3ccccc3)CN2C(=O)c2cnccc2C)n[nH]1. The van der Waals surface area contributed by atoms with Crippen molar-refractivity contribution in [3.8, 4) is 0 Å². The largest absolute Gasteiger partial charge is 0.372 e. The fraction of sp³-hybridized carbons (Fsp3) is 0.333. The van der Waals surface area contributed by atoms with Crippen LogP contribution in [0.5, 0.6) is 0 Å². The Labute approximate surface area is 163 Å². The zero-order chi connectivity index (χ0) is 19.5. The van der Waals surface area contributed by atoms with E-state index in [-0.39, 0.29) is 18.1 Å². The molecule has 1 N–H and O–H groups in total. The fourth-order valence-corrected chi connectivity index (χ4v) is 3.53. The fourth-order valence-electron chi connectivity index (χ4n) is 3.53. The minimum Gasteiger partial charge on any atom is -0.372 e. The quantitative estimate of drug-likeness (QED) is 0.739. The van der Waals surface area contributed by atoms with Crippen molar-refractivity contribution < 1.29 is 9.53 Å². The van der Waals surface area contributed by atoms with E-state index >= 15 is 0 Å². The molecule has 0 saturated carbocycles. The van der Waals surface area contributed by atoms with Gasteiger partial charge < -0.3 is 9.64 Å². The van der Waals surface area contributed by atoms with Gasteiger partial charge in [-0.2, -0.15) is 5.10 Å². The predicted octanol–water partition coefficient (Wildman–Crippen LogP) is 2.99. The van der Waals surface area contributed by atoms with E-state index in [2.05, 4.69) is 20.2 Å². The zero-order valence-corrected chi connectivity index (χ0v) is 16.0. The molecule has 1 aliphatic rings. The molecule has 1 saturated heterocycles. The third-order valence-corrected chi connectivity index (χ3v) is 5.03. The van der Waals surface area contributed by atoms with Crippen molar-refractivity contribution in [3.05, 3.63) is 77.1 Å². The number of aromatic nitrogens is 4. The number of hydrogen-bond donors (Lipinski definition) is 1. The molecule has 0 unspecified atom stereocenters. The van der Waals surface area contributed by atoms with Gasteiger partial charge in [-0.05, 0) is 31.0 Å². The Hall–Kier alpha value is -3.06. The maximum Gasteiger partial charge on any atom is 0.256 e. The predicted molar refractivity (Wildman–Crippen MR) is 104 cm³/mol. The van der Waals surface area contributed by atoms with Crippen molar-refractivity contribution in [1.29, 1.82) is 0 Å². The summed E-state index contributed by atoms with van der Waals surface area (Å²) in [6.45, 7) is 4.78. The first kappa shape index (κ1) is 18.3. The van der Waals surface area contributed by atoms with E-state index in [9.17, 15) is 4.79 Å². The lowest BCUT2D eigenvalue weighted by molar-refractivity contribution is 0.0437. The van der Waals surface area contributed by atoms with E-state index in [1.807, 2.05) is 55.1 Å². The molecular weight excluding hydrogens is 354 g/mol. The average molecular weight is 377 g/mol. The highest BCUT2D eigenvalue weighted by atomic mass is 16.5. The number of pyridine rings is 1. The number of likely N-dealkylation sites (tertiary alicyclic amines) is 1. The number of hydrogen-bond acceptors (Lipinski definition) is 5. The van der Waals surface area contributed by atoms with Gasteiger partial charge in [-0.15, -0.1) is 0 Å². The highest BCUT2D eigenvalue weighted by Gasteiger charge is 2.39. The molecule has 1 aliphatic heterocycles. The maximum atomic E-state index is 13.2. The van der Waals surface area contributed by atoms with Gasteiger partial charge in [0.05, 0.1) is 24.3 Å². The van der Waals surface area contributed by atoms with Crippen LogP contribution < -0.4 is 0 Å². The van der Waals surface area contributed by atoms with Gasteiger partial charge in [0.2, 0.25) is 0 Å². The number of benzene rings is 1. The third-order valence-electron chi connectivity index (χ3n) is 5.03. The van der Waals surface area contributed by atoms with Gasteiger partial charge >= 0.3 is 0 Å². The summed E-state index contributed by atoms with van der Waals surface area (Å²) in [4.78, 5) is 23.6. The summed E-state index contributed by atoms with van der Waals surface area (Å²) < 4.78 is 6.12. The first-order chi connectivity index (χ1) is 13.6. The van der Waals surface area contributed by atoms with Crippen molar-refractivity contribution in [2.45, 2.75) is 39.0 Å². The van der Waals surface area contributed by atoms with Crippen molar-refractivity contribution in [2.75, 3.05) is 6.54 Å². The van der Waals surface area contributed by atoms with Crippen LogP contribution >= 0.6 is 0 Å². The molecular formula is C21H23N5O2. The average Bonchev–Trinajstić information content (AvgIpc) is 3.33. The van der Waals surface area contributed by atoms with Crippen LogP contribution in [0, 0.1) is 13.8 Å². The van der Waals surface area contributed by atoms with Crippen LogP contribution in [0.4, 0.5) is 0 Å². The molecule has 0 bridgehead atoms. The topological polar surface area (TPSA) is 84.0 Å². The molecule has 0 radical (unpaired) electrons. The Morgan fingerprint density at radius 3 is 2.79 bits per heavy atom. The molecule has 1 aromatic carbocycles. The Bertz CT molecular complexity index is 956. The second-order valence-corrected chi connectivity index (χ2v) is 7.10. The molecule has 7 nitrogen and oxygen atoms in total. The first-order valence-electron chi connectivity index (χ1n) is 9.38. The maximum absolute atomic E-state index is 13.2. The minimum absolute atomic E-state index is 0.0659. The lowest BCUT2D eigenvalue weighted by Crippen LogP contribution is -2.33. The molecule has 4 rings (SSSR count). The van der Waals surface area contributed by atoms with Gasteiger partial charge in [-0.25, -0.2) is 4.98 Å². The number of rotatable bonds is 5. The molecule has 0 spiro atoms. The number of amides is 1. The Kier molecular flexibility index (Phi) is 5.16. The first-order valence-corrected chi connectivity index (χ1v) is 9.38. The van der Waals surface area contributed by atoms with Crippen LogP contribution in [-0.2, 0) is 11.3 Å². The zero-order valence-electron chi connectivity index (χ0n) is 16.0. The molecule has 0 aliphatic carbocycles.